The molecule has 1 fully saturated rings. The molecule has 5 atom stereocenters. The number of allylic oxidation sites excluding steroid dienone is 4. The van der Waals surface area contributed by atoms with Gasteiger partial charge in [0.05, 0.1) is 0 Å². The molecule has 3 aliphatic rings. The lowest BCUT2D eigenvalue weighted by Crippen LogP contribution is -2.50. The lowest BCUT2D eigenvalue weighted by atomic mass is 9.48. The molecule has 0 heterocycles. The second-order valence-corrected chi connectivity index (χ2v) is 8.10. The molecule has 0 aromatic carbocycles. The average Bonchev–Trinajstić information content (AvgIpc) is 2.50. The van der Waals surface area contributed by atoms with E-state index in [-0.39, 0.29) is 16.6 Å². The Bertz CT molecular complexity index is 572. The smallest absolute Gasteiger partial charge is 0.156 e. The van der Waals surface area contributed by atoms with E-state index in [1.54, 1.807) is 0 Å². The summed E-state index contributed by atoms with van der Waals surface area (Å²) in [6.45, 7) is 9.12. The van der Waals surface area contributed by atoms with E-state index in [0.717, 1.165) is 25.0 Å². The molecule has 0 radical (unpaired) electrons. The summed E-state index contributed by atoms with van der Waals surface area (Å²) in [7, 11) is 0. The maximum atomic E-state index is 11.8. The monoisotopic (exact) mass is 299 g/mol. The Hall–Kier alpha value is -1.18. The summed E-state index contributed by atoms with van der Waals surface area (Å²) in [5.74, 6) is 1.97. The molecule has 1 saturated carbocycles. The third-order valence-corrected chi connectivity index (χ3v) is 7.25. The Morgan fingerprint density at radius 3 is 2.77 bits per heavy atom. The Labute approximate surface area is 134 Å². The molecule has 1 N–H and O–H groups in total. The quantitative estimate of drug-likeness (QED) is 0.720. The molecule has 0 bridgehead atoms. The molecule has 3 rings (SSSR count). The molecule has 2 nitrogen and oxygen atoms in total. The first-order chi connectivity index (χ1) is 10.3. The van der Waals surface area contributed by atoms with Crippen LogP contribution in [0, 0.1) is 34.0 Å². The van der Waals surface area contributed by atoms with Crippen LogP contribution in [-0.4, -0.2) is 11.5 Å². The lowest BCUT2D eigenvalue weighted by Gasteiger charge is -2.56. The van der Waals surface area contributed by atoms with Crippen molar-refractivity contribution in [1.29, 1.82) is 5.41 Å². The van der Waals surface area contributed by atoms with Crippen molar-refractivity contribution >= 4 is 11.5 Å². The highest BCUT2D eigenvalue weighted by Crippen LogP contribution is 2.59. The second-order valence-electron chi connectivity index (χ2n) is 8.10. The number of rotatable bonds is 2. The van der Waals surface area contributed by atoms with Crippen LogP contribution in [0.2, 0.25) is 0 Å². The maximum absolute atomic E-state index is 11.8. The van der Waals surface area contributed by atoms with Gasteiger partial charge < -0.3 is 5.41 Å². The average molecular weight is 299 g/mol. The number of hydrogen-bond donors (Lipinski definition) is 1. The largest absolute Gasteiger partial charge is 0.309 e. The lowest BCUT2D eigenvalue weighted by molar-refractivity contribution is -0.116. The van der Waals surface area contributed by atoms with Crippen molar-refractivity contribution in [2.24, 2.45) is 28.6 Å². The zero-order valence-corrected chi connectivity index (χ0v) is 14.4. The van der Waals surface area contributed by atoms with Gasteiger partial charge in [0.25, 0.3) is 0 Å². The van der Waals surface area contributed by atoms with Crippen LogP contribution >= 0.6 is 0 Å². The number of carbonyl (C=O) groups is 1. The van der Waals surface area contributed by atoms with Crippen LogP contribution in [0.15, 0.2) is 23.8 Å². The Morgan fingerprint density at radius 1 is 1.36 bits per heavy atom. The van der Waals surface area contributed by atoms with Crippen LogP contribution in [-0.2, 0) is 4.79 Å². The van der Waals surface area contributed by atoms with Crippen LogP contribution in [0.25, 0.3) is 0 Å². The molecule has 0 spiro atoms. The molecular formula is C20H29NO. The van der Waals surface area contributed by atoms with Crippen LogP contribution in [0.4, 0.5) is 0 Å². The summed E-state index contributed by atoms with van der Waals surface area (Å²) in [4.78, 5) is 11.8. The molecule has 0 aromatic heterocycles. The van der Waals surface area contributed by atoms with Crippen molar-refractivity contribution in [2.45, 2.75) is 59.8 Å². The topological polar surface area (TPSA) is 40.9 Å². The fraction of sp³-hybridized carbons (Fsp3) is 0.700. The zero-order valence-electron chi connectivity index (χ0n) is 14.4. The van der Waals surface area contributed by atoms with Crippen LogP contribution in [0.1, 0.15) is 59.8 Å². The van der Waals surface area contributed by atoms with Gasteiger partial charge in [-0.15, -0.1) is 0 Å². The van der Waals surface area contributed by atoms with Crippen molar-refractivity contribution in [2.75, 3.05) is 0 Å². The van der Waals surface area contributed by atoms with E-state index >= 15 is 0 Å². The van der Waals surface area contributed by atoms with E-state index in [4.69, 9.17) is 5.41 Å². The minimum Gasteiger partial charge on any atom is -0.309 e. The van der Waals surface area contributed by atoms with E-state index in [1.165, 1.54) is 12.0 Å². The van der Waals surface area contributed by atoms with E-state index < -0.39 is 0 Å². The van der Waals surface area contributed by atoms with Crippen molar-refractivity contribution in [3.8, 4) is 0 Å². The maximum Gasteiger partial charge on any atom is 0.156 e. The van der Waals surface area contributed by atoms with E-state index in [1.807, 2.05) is 6.08 Å². The highest BCUT2D eigenvalue weighted by molar-refractivity contribution is 5.92. The second kappa shape index (κ2) is 5.18. The zero-order chi connectivity index (χ0) is 16.1. The molecule has 0 saturated heterocycles. The first-order valence-electron chi connectivity index (χ1n) is 8.84. The molecular weight excluding hydrogens is 270 g/mol. The van der Waals surface area contributed by atoms with Gasteiger partial charge in [-0.3, -0.25) is 4.79 Å². The highest BCUT2D eigenvalue weighted by atomic mass is 16.1. The third kappa shape index (κ3) is 2.06. The first kappa shape index (κ1) is 15.7. The fourth-order valence-corrected chi connectivity index (χ4v) is 5.31. The summed E-state index contributed by atoms with van der Waals surface area (Å²) in [5, 5.41) is 8.44. The molecule has 22 heavy (non-hydrogen) atoms. The SMILES string of the molecule is CCC(=N)C1(C)CCC2C(C=CC3=CC(=O)CCC32C)C1C. The van der Waals surface area contributed by atoms with Crippen molar-refractivity contribution in [3.05, 3.63) is 23.8 Å². The van der Waals surface area contributed by atoms with Gasteiger partial charge in [-0.1, -0.05) is 39.8 Å². The normalized spacial score (nSPS) is 44.1. The van der Waals surface area contributed by atoms with Gasteiger partial charge in [-0.2, -0.15) is 0 Å². The van der Waals surface area contributed by atoms with Gasteiger partial charge in [0, 0.05) is 17.5 Å². The molecule has 5 unspecified atom stereocenters. The molecule has 0 aliphatic heterocycles. The van der Waals surface area contributed by atoms with Gasteiger partial charge >= 0.3 is 0 Å². The van der Waals surface area contributed by atoms with Gasteiger partial charge in [0.15, 0.2) is 5.78 Å². The standard InChI is InChI=1S/C20H29NO/c1-5-18(21)19(3)11-9-17-16(13(19)2)7-6-14-12-15(22)8-10-20(14,17)4/h6-7,12-13,16-17,21H,5,8-11H2,1-4H3. The highest BCUT2D eigenvalue weighted by Gasteiger charge is 2.53. The summed E-state index contributed by atoms with van der Waals surface area (Å²) < 4.78 is 0. The van der Waals surface area contributed by atoms with Crippen LogP contribution < -0.4 is 0 Å². The van der Waals surface area contributed by atoms with Gasteiger partial charge in [-0.05, 0) is 60.5 Å². The van der Waals surface area contributed by atoms with Crippen molar-refractivity contribution < 1.29 is 4.79 Å². The number of fused-ring (bicyclic) bond motifs is 3. The van der Waals surface area contributed by atoms with E-state index in [9.17, 15) is 4.79 Å². The summed E-state index contributed by atoms with van der Waals surface area (Å²) >= 11 is 0. The number of nitrogens with one attached hydrogen (secondary N) is 1. The van der Waals surface area contributed by atoms with Gasteiger partial charge in [-0.25, -0.2) is 0 Å². The predicted octanol–water partition coefficient (Wildman–Crippen LogP) is 4.95. The van der Waals surface area contributed by atoms with E-state index in [2.05, 4.69) is 39.8 Å². The predicted molar refractivity (Wildman–Crippen MR) is 91.1 cm³/mol. The Kier molecular flexibility index (Phi) is 3.70. The van der Waals surface area contributed by atoms with Crippen molar-refractivity contribution in [1.82, 2.24) is 0 Å². The molecule has 2 heteroatoms. The van der Waals surface area contributed by atoms with Crippen molar-refractivity contribution in [3.63, 3.8) is 0 Å². The minimum atomic E-state index is 0.0440. The number of ketones is 1. The van der Waals surface area contributed by atoms with Crippen LogP contribution in [0.3, 0.4) is 0 Å². The Morgan fingerprint density at radius 2 is 2.09 bits per heavy atom. The van der Waals surface area contributed by atoms with Crippen LogP contribution in [0.5, 0.6) is 0 Å². The molecule has 0 aromatic rings. The Balaban J connectivity index is 1.98. The first-order valence-corrected chi connectivity index (χ1v) is 8.84. The summed E-state index contributed by atoms with van der Waals surface area (Å²) in [5.41, 5.74) is 2.38. The number of hydrogen-bond acceptors (Lipinski definition) is 2. The fourth-order valence-electron chi connectivity index (χ4n) is 5.31. The minimum absolute atomic E-state index is 0.0440. The van der Waals surface area contributed by atoms with E-state index in [0.29, 0.717) is 24.2 Å². The molecule has 120 valence electrons. The number of carbonyl (C=O) groups excluding carboxylic acids is 1. The third-order valence-electron chi connectivity index (χ3n) is 7.25. The molecule has 0 amide bonds. The van der Waals surface area contributed by atoms with Gasteiger partial charge in [0.1, 0.15) is 0 Å². The molecule has 3 aliphatic carbocycles. The van der Waals surface area contributed by atoms with Gasteiger partial charge in [0.2, 0.25) is 0 Å². The summed E-state index contributed by atoms with van der Waals surface area (Å²) in [6.07, 6.45) is 11.3. The summed E-state index contributed by atoms with van der Waals surface area (Å²) in [6, 6.07) is 0.